The van der Waals surface area contributed by atoms with E-state index in [0.717, 1.165) is 41.2 Å². The molecule has 1 fully saturated rings. The molecule has 0 atom stereocenters. The maximum Gasteiger partial charge on any atom is 0.416 e. The maximum atomic E-state index is 13.0. The van der Waals surface area contributed by atoms with Crippen LogP contribution in [0, 0.1) is 0 Å². The number of amides is 1. The van der Waals surface area contributed by atoms with Crippen LogP contribution in [-0.4, -0.2) is 67.2 Å². The van der Waals surface area contributed by atoms with Crippen LogP contribution in [0.4, 0.5) is 13.2 Å². The van der Waals surface area contributed by atoms with Crippen molar-refractivity contribution in [1.82, 2.24) is 14.1 Å². The Morgan fingerprint density at radius 3 is 2.18 bits per heavy atom. The van der Waals surface area contributed by atoms with Gasteiger partial charge in [-0.15, -0.1) is 0 Å². The Labute approximate surface area is 199 Å². The molecule has 3 rings (SSSR count). The second kappa shape index (κ2) is 10.5. The van der Waals surface area contributed by atoms with Gasteiger partial charge in [-0.1, -0.05) is 25.1 Å². The van der Waals surface area contributed by atoms with Crippen molar-refractivity contribution in [2.75, 3.05) is 32.7 Å². The van der Waals surface area contributed by atoms with Crippen LogP contribution in [0.25, 0.3) is 0 Å². The quantitative estimate of drug-likeness (QED) is 0.579. The first kappa shape index (κ1) is 26.2. The zero-order valence-electron chi connectivity index (χ0n) is 19.5. The number of rotatable bonds is 7. The van der Waals surface area contributed by atoms with Crippen LogP contribution in [0.1, 0.15) is 42.3 Å². The van der Waals surface area contributed by atoms with E-state index in [1.54, 1.807) is 17.0 Å². The molecule has 1 aliphatic rings. The third-order valence-corrected chi connectivity index (χ3v) is 7.94. The number of benzene rings is 2. The normalized spacial score (nSPS) is 15.8. The average molecular weight is 498 g/mol. The summed E-state index contributed by atoms with van der Waals surface area (Å²) in [5, 5.41) is 0. The molecule has 0 unspecified atom stereocenters. The largest absolute Gasteiger partial charge is 0.416 e. The molecule has 2 aromatic rings. The van der Waals surface area contributed by atoms with Gasteiger partial charge in [0, 0.05) is 44.3 Å². The maximum absolute atomic E-state index is 13.0. The Kier molecular flexibility index (Phi) is 8.05. The lowest BCUT2D eigenvalue weighted by Crippen LogP contribution is -2.50. The minimum absolute atomic E-state index is 0.0161. The molecule has 2 aromatic carbocycles. The number of carbonyl (C=O) groups is 1. The van der Waals surface area contributed by atoms with Gasteiger partial charge in [-0.25, -0.2) is 8.42 Å². The van der Waals surface area contributed by atoms with Crippen LogP contribution in [0.5, 0.6) is 0 Å². The van der Waals surface area contributed by atoms with Crippen LogP contribution in [0.2, 0.25) is 0 Å². The van der Waals surface area contributed by atoms with Crippen molar-refractivity contribution in [2.24, 2.45) is 0 Å². The third kappa shape index (κ3) is 5.97. The van der Waals surface area contributed by atoms with E-state index in [1.807, 2.05) is 12.1 Å². The Bertz CT molecular complexity index is 1090. The molecule has 1 heterocycles. The third-order valence-electron chi connectivity index (χ3n) is 6.05. The van der Waals surface area contributed by atoms with Crippen molar-refractivity contribution in [3.05, 3.63) is 65.2 Å². The van der Waals surface area contributed by atoms with E-state index in [9.17, 15) is 26.4 Å². The van der Waals surface area contributed by atoms with Gasteiger partial charge in [-0.2, -0.15) is 17.5 Å². The lowest BCUT2D eigenvalue weighted by atomic mass is 10.1. The van der Waals surface area contributed by atoms with Crippen molar-refractivity contribution in [3.63, 3.8) is 0 Å². The van der Waals surface area contributed by atoms with Gasteiger partial charge >= 0.3 is 6.18 Å². The van der Waals surface area contributed by atoms with E-state index in [2.05, 4.69) is 25.7 Å². The summed E-state index contributed by atoms with van der Waals surface area (Å²) < 4.78 is 65.8. The number of alkyl halides is 3. The molecule has 0 N–H and O–H groups in total. The second-order valence-electron chi connectivity index (χ2n) is 8.58. The highest BCUT2D eigenvalue weighted by Crippen LogP contribution is 2.31. The lowest BCUT2D eigenvalue weighted by Gasteiger charge is -2.34. The molecule has 1 saturated heterocycles. The van der Waals surface area contributed by atoms with Gasteiger partial charge in [0.1, 0.15) is 0 Å². The van der Waals surface area contributed by atoms with Crippen LogP contribution < -0.4 is 0 Å². The molecule has 0 aromatic heterocycles. The van der Waals surface area contributed by atoms with Crippen LogP contribution in [-0.2, 0) is 22.7 Å². The predicted octanol–water partition coefficient (Wildman–Crippen LogP) is 4.08. The first-order valence-corrected chi connectivity index (χ1v) is 12.7. The molecule has 1 aliphatic heterocycles. The second-order valence-corrected chi connectivity index (χ2v) is 10.5. The molecule has 0 radical (unpaired) electrons. The minimum Gasteiger partial charge on any atom is -0.336 e. The Morgan fingerprint density at radius 2 is 1.65 bits per heavy atom. The van der Waals surface area contributed by atoms with E-state index in [-0.39, 0.29) is 32.1 Å². The molecular formula is C24H30F3N3O3S. The summed E-state index contributed by atoms with van der Waals surface area (Å²) in [6.07, 6.45) is -4.63. The van der Waals surface area contributed by atoms with Crippen LogP contribution >= 0.6 is 0 Å². The molecule has 6 nitrogen and oxygen atoms in total. The van der Waals surface area contributed by atoms with Crippen LogP contribution in [0.3, 0.4) is 0 Å². The molecular weight excluding hydrogens is 467 g/mol. The van der Waals surface area contributed by atoms with Crippen molar-refractivity contribution in [3.8, 4) is 0 Å². The monoisotopic (exact) mass is 497 g/mol. The number of halogens is 3. The highest BCUT2D eigenvalue weighted by Gasteiger charge is 2.34. The topological polar surface area (TPSA) is 60.9 Å². The summed E-state index contributed by atoms with van der Waals surface area (Å²) >= 11 is 0. The molecule has 1 amide bonds. The summed E-state index contributed by atoms with van der Waals surface area (Å²) in [5.41, 5.74) is 0.607. The summed E-state index contributed by atoms with van der Waals surface area (Å²) in [4.78, 5) is 16.4. The SMILES string of the molecule is CCN(Cc1ccc(C(=O)N2CCN(S(=O)(=O)c3cccc(C(F)(F)F)c3)CC2)cc1)C(C)C. The molecule has 34 heavy (non-hydrogen) atoms. The van der Waals surface area contributed by atoms with E-state index in [0.29, 0.717) is 17.7 Å². The number of hydrogen-bond donors (Lipinski definition) is 0. The van der Waals surface area contributed by atoms with Crippen molar-refractivity contribution < 1.29 is 26.4 Å². The number of piperazine rings is 1. The molecule has 0 bridgehead atoms. The lowest BCUT2D eigenvalue weighted by molar-refractivity contribution is -0.137. The Hall–Kier alpha value is -2.43. The van der Waals surface area contributed by atoms with E-state index < -0.39 is 26.7 Å². The highest BCUT2D eigenvalue weighted by molar-refractivity contribution is 7.89. The van der Waals surface area contributed by atoms with E-state index in [1.165, 1.54) is 0 Å². The summed E-state index contributed by atoms with van der Waals surface area (Å²) in [7, 11) is -4.09. The number of carbonyl (C=O) groups excluding carboxylic acids is 1. The standard InChI is InChI=1S/C24H30F3N3O3S/c1-4-28(18(2)3)17-19-8-10-20(11-9-19)23(31)29-12-14-30(15-13-29)34(32,33)22-7-5-6-21(16-22)24(25,26)27/h5-11,16,18H,4,12-15,17H2,1-3H3. The Morgan fingerprint density at radius 1 is 1.03 bits per heavy atom. The number of sulfonamides is 1. The van der Waals surface area contributed by atoms with Gasteiger partial charge in [0.05, 0.1) is 10.5 Å². The van der Waals surface area contributed by atoms with Crippen molar-refractivity contribution in [1.29, 1.82) is 0 Å². The van der Waals surface area contributed by atoms with Crippen molar-refractivity contribution >= 4 is 15.9 Å². The zero-order valence-corrected chi connectivity index (χ0v) is 20.4. The molecule has 10 heteroatoms. The summed E-state index contributed by atoms with van der Waals surface area (Å²) in [6, 6.07) is 11.5. The fraction of sp³-hybridized carbons (Fsp3) is 0.458. The minimum atomic E-state index is -4.63. The summed E-state index contributed by atoms with van der Waals surface area (Å²) in [6.45, 7) is 8.43. The van der Waals surface area contributed by atoms with E-state index >= 15 is 0 Å². The van der Waals surface area contributed by atoms with Crippen LogP contribution in [0.15, 0.2) is 53.4 Å². The average Bonchev–Trinajstić information content (AvgIpc) is 2.82. The fourth-order valence-electron chi connectivity index (χ4n) is 3.94. The first-order valence-electron chi connectivity index (χ1n) is 11.2. The van der Waals surface area contributed by atoms with Gasteiger partial charge in [0.15, 0.2) is 0 Å². The molecule has 0 aliphatic carbocycles. The first-order chi connectivity index (χ1) is 15.9. The highest BCUT2D eigenvalue weighted by atomic mass is 32.2. The zero-order chi connectivity index (χ0) is 25.1. The van der Waals surface area contributed by atoms with Gasteiger partial charge < -0.3 is 4.90 Å². The van der Waals surface area contributed by atoms with E-state index in [4.69, 9.17) is 0 Å². The Balaban J connectivity index is 1.64. The number of nitrogens with zero attached hydrogens (tertiary/aromatic N) is 3. The molecule has 0 saturated carbocycles. The summed E-state index contributed by atoms with van der Waals surface area (Å²) in [5.74, 6) is -0.195. The van der Waals surface area contributed by atoms with Gasteiger partial charge in [-0.3, -0.25) is 9.69 Å². The molecule has 0 spiro atoms. The predicted molar refractivity (Wildman–Crippen MR) is 124 cm³/mol. The smallest absolute Gasteiger partial charge is 0.336 e. The van der Waals surface area contributed by atoms with Gasteiger partial charge in [-0.05, 0) is 56.3 Å². The van der Waals surface area contributed by atoms with Gasteiger partial charge in [0.25, 0.3) is 5.91 Å². The van der Waals surface area contributed by atoms with Gasteiger partial charge in [0.2, 0.25) is 10.0 Å². The fourth-order valence-corrected chi connectivity index (χ4v) is 5.41. The van der Waals surface area contributed by atoms with Crippen molar-refractivity contribution in [2.45, 2.75) is 44.4 Å². The number of hydrogen-bond acceptors (Lipinski definition) is 4. The molecule has 186 valence electrons.